The summed E-state index contributed by atoms with van der Waals surface area (Å²) in [5, 5.41) is -0.829. The topological polar surface area (TPSA) is 97.4 Å². The maximum Gasteiger partial charge on any atom is 0.303 e. The minimum absolute atomic E-state index is 0.129. The van der Waals surface area contributed by atoms with Crippen molar-refractivity contribution in [1.82, 2.24) is 0 Å². The molecular weight excluding hydrogens is 400 g/mol. The van der Waals surface area contributed by atoms with Crippen LogP contribution in [0, 0.1) is 0 Å². The van der Waals surface area contributed by atoms with Gasteiger partial charge in [-0.3, -0.25) is 14.4 Å². The van der Waals surface area contributed by atoms with Crippen LogP contribution in [-0.2, 0) is 44.7 Å². The first kappa shape index (κ1) is 23.3. The van der Waals surface area contributed by atoms with Gasteiger partial charge in [0.1, 0.15) is 6.10 Å². The molecule has 1 fully saturated rings. The summed E-state index contributed by atoms with van der Waals surface area (Å²) in [6.45, 7) is 4.37. The summed E-state index contributed by atoms with van der Waals surface area (Å²) < 4.78 is 27.8. The van der Waals surface area contributed by atoms with Crippen LogP contribution >= 0.6 is 11.8 Å². The Morgan fingerprint density at radius 2 is 1.62 bits per heavy atom. The van der Waals surface area contributed by atoms with Crippen LogP contribution in [0.15, 0.2) is 30.3 Å². The summed E-state index contributed by atoms with van der Waals surface area (Å²) in [5.41, 5.74) is 0.983. The standard InChI is InChI=1S/C20H26O8S/c1-12(21)26-17-18(27-13(2)22)20(24-4)28-16(19(17)29-14(3)23)11-25-10-15-8-6-5-7-9-15/h5-9,16-20H,10-11H2,1-4H3/t16-,17-,18-,19-,20+/m1/s1. The van der Waals surface area contributed by atoms with E-state index in [9.17, 15) is 14.4 Å². The molecule has 29 heavy (non-hydrogen) atoms. The van der Waals surface area contributed by atoms with Crippen LogP contribution in [0.5, 0.6) is 0 Å². The first-order valence-corrected chi connectivity index (χ1v) is 10.0. The van der Waals surface area contributed by atoms with Crippen molar-refractivity contribution in [2.45, 2.75) is 57.2 Å². The molecule has 0 bridgehead atoms. The minimum Gasteiger partial charge on any atom is -0.457 e. The third-order valence-electron chi connectivity index (χ3n) is 4.12. The molecule has 0 unspecified atom stereocenters. The summed E-state index contributed by atoms with van der Waals surface area (Å²) in [4.78, 5) is 35.1. The Bertz CT molecular complexity index is 695. The van der Waals surface area contributed by atoms with Gasteiger partial charge < -0.3 is 23.7 Å². The van der Waals surface area contributed by atoms with Crippen LogP contribution in [0.2, 0.25) is 0 Å². The van der Waals surface area contributed by atoms with Gasteiger partial charge in [0.05, 0.1) is 18.5 Å². The van der Waals surface area contributed by atoms with Gasteiger partial charge in [-0.05, 0) is 5.56 Å². The van der Waals surface area contributed by atoms with E-state index in [-0.39, 0.29) is 11.7 Å². The van der Waals surface area contributed by atoms with E-state index in [4.69, 9.17) is 23.7 Å². The first-order valence-electron chi connectivity index (χ1n) is 9.13. The zero-order valence-electron chi connectivity index (χ0n) is 16.9. The van der Waals surface area contributed by atoms with E-state index in [1.807, 2.05) is 30.3 Å². The van der Waals surface area contributed by atoms with Crippen LogP contribution in [-0.4, -0.2) is 60.6 Å². The van der Waals surface area contributed by atoms with E-state index in [1.165, 1.54) is 27.9 Å². The van der Waals surface area contributed by atoms with Crippen molar-refractivity contribution in [3.8, 4) is 0 Å². The van der Waals surface area contributed by atoms with Gasteiger partial charge in [-0.1, -0.05) is 42.1 Å². The number of thioether (sulfide) groups is 1. The molecule has 1 aliphatic heterocycles. The van der Waals surface area contributed by atoms with Crippen LogP contribution < -0.4 is 0 Å². The molecule has 0 aromatic heterocycles. The van der Waals surface area contributed by atoms with Gasteiger partial charge in [-0.15, -0.1) is 0 Å². The highest BCUT2D eigenvalue weighted by atomic mass is 32.2. The number of hydrogen-bond donors (Lipinski definition) is 0. The highest BCUT2D eigenvalue weighted by Crippen LogP contribution is 2.35. The Morgan fingerprint density at radius 1 is 1.00 bits per heavy atom. The number of carbonyl (C=O) groups excluding carboxylic acids is 3. The molecule has 2 rings (SSSR count). The fraction of sp³-hybridized carbons (Fsp3) is 0.550. The monoisotopic (exact) mass is 426 g/mol. The summed E-state index contributed by atoms with van der Waals surface area (Å²) >= 11 is 0.955. The highest BCUT2D eigenvalue weighted by Gasteiger charge is 2.51. The normalized spacial score (nSPS) is 26.6. The van der Waals surface area contributed by atoms with Crippen molar-refractivity contribution in [3.63, 3.8) is 0 Å². The molecule has 160 valence electrons. The molecule has 1 aliphatic rings. The van der Waals surface area contributed by atoms with Crippen molar-refractivity contribution >= 4 is 28.8 Å². The molecule has 0 radical (unpaired) electrons. The van der Waals surface area contributed by atoms with Crippen LogP contribution in [0.1, 0.15) is 26.3 Å². The summed E-state index contributed by atoms with van der Waals surface area (Å²) in [6, 6.07) is 9.59. The largest absolute Gasteiger partial charge is 0.457 e. The number of benzene rings is 1. The first-order chi connectivity index (χ1) is 13.8. The fourth-order valence-corrected chi connectivity index (χ4v) is 4.07. The molecule has 0 spiro atoms. The lowest BCUT2D eigenvalue weighted by molar-refractivity contribution is -0.270. The van der Waals surface area contributed by atoms with Gasteiger partial charge in [-0.2, -0.15) is 0 Å². The van der Waals surface area contributed by atoms with Crippen molar-refractivity contribution in [3.05, 3.63) is 35.9 Å². The Labute approximate surface area is 174 Å². The summed E-state index contributed by atoms with van der Waals surface area (Å²) in [5.74, 6) is -1.15. The highest BCUT2D eigenvalue weighted by molar-refractivity contribution is 8.14. The van der Waals surface area contributed by atoms with E-state index >= 15 is 0 Å². The van der Waals surface area contributed by atoms with Gasteiger partial charge in [0.25, 0.3) is 0 Å². The lowest BCUT2D eigenvalue weighted by Gasteiger charge is -2.44. The Balaban J connectivity index is 2.21. The van der Waals surface area contributed by atoms with Crippen molar-refractivity contribution in [2.75, 3.05) is 13.7 Å². The second-order valence-corrected chi connectivity index (χ2v) is 7.86. The maximum absolute atomic E-state index is 11.9. The lowest BCUT2D eigenvalue weighted by Crippen LogP contribution is -2.60. The smallest absolute Gasteiger partial charge is 0.303 e. The van der Waals surface area contributed by atoms with Crippen LogP contribution in [0.25, 0.3) is 0 Å². The number of methoxy groups -OCH3 is 1. The van der Waals surface area contributed by atoms with E-state index < -0.39 is 41.8 Å². The second-order valence-electron chi connectivity index (χ2n) is 6.50. The number of carbonyl (C=O) groups is 3. The summed E-state index contributed by atoms with van der Waals surface area (Å²) in [6.07, 6.45) is -3.55. The van der Waals surface area contributed by atoms with Crippen LogP contribution in [0.4, 0.5) is 0 Å². The SMILES string of the molecule is CO[C@H]1O[C@H](COCc2ccccc2)[C@@H](SC(C)=O)[C@H](OC(C)=O)[C@H]1OC(C)=O. The molecule has 9 heteroatoms. The number of hydrogen-bond acceptors (Lipinski definition) is 9. The second kappa shape index (κ2) is 11.3. The molecule has 5 atom stereocenters. The van der Waals surface area contributed by atoms with Gasteiger partial charge in [0.2, 0.25) is 0 Å². The minimum atomic E-state index is -1.01. The van der Waals surface area contributed by atoms with Crippen molar-refractivity contribution in [1.29, 1.82) is 0 Å². The van der Waals surface area contributed by atoms with E-state index in [2.05, 4.69) is 0 Å². The predicted molar refractivity (Wildman–Crippen MR) is 105 cm³/mol. The molecule has 1 saturated heterocycles. The van der Waals surface area contributed by atoms with Crippen molar-refractivity contribution < 1.29 is 38.1 Å². The molecule has 0 amide bonds. The van der Waals surface area contributed by atoms with Crippen molar-refractivity contribution in [2.24, 2.45) is 0 Å². The number of esters is 2. The van der Waals surface area contributed by atoms with Gasteiger partial charge in [0.15, 0.2) is 23.6 Å². The fourth-order valence-electron chi connectivity index (χ4n) is 3.05. The maximum atomic E-state index is 11.9. The van der Waals surface area contributed by atoms with Gasteiger partial charge in [-0.25, -0.2) is 0 Å². The molecule has 8 nitrogen and oxygen atoms in total. The molecule has 0 N–H and O–H groups in total. The number of ether oxygens (including phenoxy) is 5. The summed E-state index contributed by atoms with van der Waals surface area (Å²) in [7, 11) is 1.40. The third kappa shape index (κ3) is 7.11. The third-order valence-corrected chi connectivity index (χ3v) is 5.30. The molecule has 1 aromatic rings. The van der Waals surface area contributed by atoms with E-state index in [1.54, 1.807) is 0 Å². The quantitative estimate of drug-likeness (QED) is 0.579. The van der Waals surface area contributed by atoms with Gasteiger partial charge in [0, 0.05) is 27.9 Å². The molecule has 1 heterocycles. The van der Waals surface area contributed by atoms with Gasteiger partial charge >= 0.3 is 11.9 Å². The molecular formula is C20H26O8S. The lowest BCUT2D eigenvalue weighted by atomic mass is 10.0. The predicted octanol–water partition coefficient (Wildman–Crippen LogP) is 2.09. The molecule has 1 aromatic carbocycles. The zero-order valence-corrected chi connectivity index (χ0v) is 17.7. The number of rotatable bonds is 8. The average molecular weight is 426 g/mol. The van der Waals surface area contributed by atoms with E-state index in [0.717, 1.165) is 17.3 Å². The Morgan fingerprint density at radius 3 is 2.17 bits per heavy atom. The average Bonchev–Trinajstić information content (AvgIpc) is 2.65. The molecule has 0 aliphatic carbocycles. The van der Waals surface area contributed by atoms with E-state index in [0.29, 0.717) is 6.61 Å². The van der Waals surface area contributed by atoms with Crippen LogP contribution in [0.3, 0.4) is 0 Å². The Hall–Kier alpha value is -1.94. The zero-order chi connectivity index (χ0) is 21.4. The molecule has 0 saturated carbocycles. The Kier molecular flexibility index (Phi) is 9.09.